The van der Waals surface area contributed by atoms with Gasteiger partial charge in [0, 0.05) is 5.69 Å². The monoisotopic (exact) mass is 239 g/mol. The Bertz CT molecular complexity index is 399. The molecule has 0 aliphatic heterocycles. The van der Waals surface area contributed by atoms with Crippen molar-refractivity contribution in [3.05, 3.63) is 30.1 Å². The van der Waals surface area contributed by atoms with Crippen LogP contribution in [0.3, 0.4) is 0 Å². The SMILES string of the molecule is CC(Nc1cccc(F)c1)C(=O)OC(C)(C)C. The van der Waals surface area contributed by atoms with E-state index in [9.17, 15) is 9.18 Å². The second-order valence-electron chi connectivity index (χ2n) is 4.91. The Balaban J connectivity index is 2.60. The molecule has 1 N–H and O–H groups in total. The lowest BCUT2D eigenvalue weighted by molar-refractivity contribution is -0.155. The molecule has 0 amide bonds. The molecule has 3 nitrogen and oxygen atoms in total. The Hall–Kier alpha value is -1.58. The zero-order chi connectivity index (χ0) is 13.1. The fraction of sp³-hybridized carbons (Fsp3) is 0.462. The van der Waals surface area contributed by atoms with Crippen molar-refractivity contribution in [2.24, 2.45) is 0 Å². The van der Waals surface area contributed by atoms with Gasteiger partial charge in [-0.3, -0.25) is 0 Å². The molecule has 0 radical (unpaired) electrons. The number of hydrogen-bond donors (Lipinski definition) is 1. The lowest BCUT2D eigenvalue weighted by atomic mass is 10.2. The summed E-state index contributed by atoms with van der Waals surface area (Å²) in [5.41, 5.74) is 0.0398. The minimum absolute atomic E-state index is 0.341. The maximum atomic E-state index is 12.9. The van der Waals surface area contributed by atoms with E-state index in [-0.39, 0.29) is 11.8 Å². The molecule has 0 saturated heterocycles. The summed E-state index contributed by atoms with van der Waals surface area (Å²) in [7, 11) is 0. The number of halogens is 1. The van der Waals surface area contributed by atoms with Gasteiger partial charge in [0.1, 0.15) is 17.5 Å². The van der Waals surface area contributed by atoms with Gasteiger partial charge in [-0.05, 0) is 45.9 Å². The third kappa shape index (κ3) is 4.85. The maximum Gasteiger partial charge on any atom is 0.328 e. The summed E-state index contributed by atoms with van der Waals surface area (Å²) in [5.74, 6) is -0.701. The van der Waals surface area contributed by atoms with Crippen LogP contribution in [0.4, 0.5) is 10.1 Å². The summed E-state index contributed by atoms with van der Waals surface area (Å²) < 4.78 is 18.1. The zero-order valence-electron chi connectivity index (χ0n) is 10.6. The second-order valence-corrected chi connectivity index (χ2v) is 4.91. The van der Waals surface area contributed by atoms with Crippen molar-refractivity contribution in [1.29, 1.82) is 0 Å². The van der Waals surface area contributed by atoms with Crippen molar-refractivity contribution in [3.8, 4) is 0 Å². The van der Waals surface area contributed by atoms with Gasteiger partial charge >= 0.3 is 5.97 Å². The van der Waals surface area contributed by atoms with Crippen molar-refractivity contribution in [2.45, 2.75) is 39.3 Å². The standard InChI is InChI=1S/C13H18FNO2/c1-9(12(16)17-13(2,3)4)15-11-7-5-6-10(14)8-11/h5-9,15H,1-4H3. The van der Waals surface area contributed by atoms with Crippen LogP contribution in [0.25, 0.3) is 0 Å². The van der Waals surface area contributed by atoms with Gasteiger partial charge in [0.15, 0.2) is 0 Å². The van der Waals surface area contributed by atoms with Gasteiger partial charge in [-0.15, -0.1) is 0 Å². The highest BCUT2D eigenvalue weighted by Crippen LogP contribution is 2.13. The molecule has 1 atom stereocenters. The first-order chi connectivity index (χ1) is 7.78. The average molecular weight is 239 g/mol. The predicted molar refractivity (Wildman–Crippen MR) is 65.3 cm³/mol. The summed E-state index contributed by atoms with van der Waals surface area (Å²) in [6, 6.07) is 5.45. The Labute approximate surface area is 101 Å². The van der Waals surface area contributed by atoms with Crippen LogP contribution in [0.2, 0.25) is 0 Å². The fourth-order valence-electron chi connectivity index (χ4n) is 1.28. The molecule has 94 valence electrons. The highest BCUT2D eigenvalue weighted by molar-refractivity contribution is 5.79. The van der Waals surface area contributed by atoms with Crippen LogP contribution < -0.4 is 5.32 Å². The summed E-state index contributed by atoms with van der Waals surface area (Å²) in [6.45, 7) is 7.10. The minimum Gasteiger partial charge on any atom is -0.458 e. The number of nitrogens with one attached hydrogen (secondary N) is 1. The molecule has 0 spiro atoms. The Kier molecular flexibility index (Phi) is 4.10. The Morgan fingerprint density at radius 1 is 1.41 bits per heavy atom. The first-order valence-corrected chi connectivity index (χ1v) is 5.53. The van der Waals surface area contributed by atoms with E-state index >= 15 is 0 Å². The Morgan fingerprint density at radius 2 is 2.06 bits per heavy atom. The van der Waals surface area contributed by atoms with E-state index in [4.69, 9.17) is 4.74 Å². The van der Waals surface area contributed by atoms with Gasteiger partial charge in [-0.25, -0.2) is 9.18 Å². The lowest BCUT2D eigenvalue weighted by Gasteiger charge is -2.23. The predicted octanol–water partition coefficient (Wildman–Crippen LogP) is 2.97. The van der Waals surface area contributed by atoms with Gasteiger partial charge in [-0.1, -0.05) is 6.07 Å². The molecular formula is C13H18FNO2. The number of hydrogen-bond acceptors (Lipinski definition) is 3. The normalized spacial score (nSPS) is 13.0. The molecule has 0 fully saturated rings. The second kappa shape index (κ2) is 5.17. The van der Waals surface area contributed by atoms with E-state index in [1.54, 1.807) is 39.8 Å². The van der Waals surface area contributed by atoms with Crippen LogP contribution in [0, 0.1) is 5.82 Å². The largest absolute Gasteiger partial charge is 0.458 e. The van der Waals surface area contributed by atoms with E-state index in [2.05, 4.69) is 5.32 Å². The molecule has 0 aliphatic rings. The summed E-state index contributed by atoms with van der Waals surface area (Å²) in [5, 5.41) is 2.89. The molecule has 0 saturated carbocycles. The average Bonchev–Trinajstić information content (AvgIpc) is 2.14. The molecule has 0 bridgehead atoms. The molecule has 17 heavy (non-hydrogen) atoms. The van der Waals surface area contributed by atoms with Crippen LogP contribution >= 0.6 is 0 Å². The zero-order valence-corrected chi connectivity index (χ0v) is 10.6. The summed E-state index contributed by atoms with van der Waals surface area (Å²) >= 11 is 0. The lowest BCUT2D eigenvalue weighted by Crippen LogP contribution is -2.34. The third-order valence-corrected chi connectivity index (χ3v) is 1.97. The summed E-state index contributed by atoms with van der Waals surface area (Å²) in [6.07, 6.45) is 0. The van der Waals surface area contributed by atoms with Crippen molar-refractivity contribution in [2.75, 3.05) is 5.32 Å². The number of anilines is 1. The van der Waals surface area contributed by atoms with Gasteiger partial charge in [0.05, 0.1) is 0 Å². The van der Waals surface area contributed by atoms with Crippen molar-refractivity contribution in [1.82, 2.24) is 0 Å². The number of esters is 1. The minimum atomic E-state index is -0.519. The van der Waals surface area contributed by atoms with Gasteiger partial charge in [0.25, 0.3) is 0 Å². The molecule has 1 aromatic rings. The number of benzene rings is 1. The maximum absolute atomic E-state index is 12.9. The molecule has 1 rings (SSSR count). The highest BCUT2D eigenvalue weighted by atomic mass is 19.1. The number of carbonyl (C=O) groups excluding carboxylic acids is 1. The van der Waals surface area contributed by atoms with Crippen LogP contribution in [0.15, 0.2) is 24.3 Å². The first-order valence-electron chi connectivity index (χ1n) is 5.53. The van der Waals surface area contributed by atoms with E-state index in [1.807, 2.05) is 0 Å². The number of ether oxygens (including phenoxy) is 1. The fourth-order valence-corrected chi connectivity index (χ4v) is 1.28. The van der Waals surface area contributed by atoms with Crippen LogP contribution in [0.5, 0.6) is 0 Å². The molecule has 0 heterocycles. The molecule has 1 aromatic carbocycles. The smallest absolute Gasteiger partial charge is 0.328 e. The van der Waals surface area contributed by atoms with Gasteiger partial charge in [0.2, 0.25) is 0 Å². The number of carbonyl (C=O) groups is 1. The first kappa shape index (κ1) is 13.5. The van der Waals surface area contributed by atoms with E-state index in [1.165, 1.54) is 12.1 Å². The van der Waals surface area contributed by atoms with Crippen molar-refractivity contribution >= 4 is 11.7 Å². The molecule has 4 heteroatoms. The van der Waals surface area contributed by atoms with Gasteiger partial charge in [-0.2, -0.15) is 0 Å². The van der Waals surface area contributed by atoms with Crippen LogP contribution in [0.1, 0.15) is 27.7 Å². The molecule has 0 aliphatic carbocycles. The van der Waals surface area contributed by atoms with Crippen LogP contribution in [-0.2, 0) is 9.53 Å². The highest BCUT2D eigenvalue weighted by Gasteiger charge is 2.21. The van der Waals surface area contributed by atoms with E-state index < -0.39 is 11.6 Å². The van der Waals surface area contributed by atoms with Crippen molar-refractivity contribution in [3.63, 3.8) is 0 Å². The topological polar surface area (TPSA) is 38.3 Å². The number of rotatable bonds is 3. The molecule has 1 unspecified atom stereocenters. The van der Waals surface area contributed by atoms with Crippen molar-refractivity contribution < 1.29 is 13.9 Å². The molecular weight excluding hydrogens is 221 g/mol. The van der Waals surface area contributed by atoms with E-state index in [0.29, 0.717) is 5.69 Å². The molecule has 0 aromatic heterocycles. The Morgan fingerprint density at radius 3 is 2.59 bits per heavy atom. The van der Waals surface area contributed by atoms with E-state index in [0.717, 1.165) is 0 Å². The summed E-state index contributed by atoms with van der Waals surface area (Å²) in [4.78, 5) is 11.7. The quantitative estimate of drug-likeness (QED) is 0.824. The third-order valence-electron chi connectivity index (χ3n) is 1.97. The van der Waals surface area contributed by atoms with Crippen LogP contribution in [-0.4, -0.2) is 17.6 Å². The van der Waals surface area contributed by atoms with Gasteiger partial charge < -0.3 is 10.1 Å².